The Morgan fingerprint density at radius 2 is 1.90 bits per heavy atom. The molecule has 1 heterocycles. The van der Waals surface area contributed by atoms with E-state index in [0.717, 1.165) is 28.0 Å². The van der Waals surface area contributed by atoms with Crippen LogP contribution in [0.4, 0.5) is 0 Å². The summed E-state index contributed by atoms with van der Waals surface area (Å²) in [6.07, 6.45) is 0. The van der Waals surface area contributed by atoms with Gasteiger partial charge in [0.05, 0.1) is 11.0 Å². The monoisotopic (exact) mass is 300 g/mol. The molecule has 1 aromatic heterocycles. The Bertz CT molecular complexity index is 821. The predicted molar refractivity (Wildman–Crippen MR) is 87.0 cm³/mol. The van der Waals surface area contributed by atoms with Crippen molar-refractivity contribution in [3.63, 3.8) is 0 Å². The number of nitrogens with zero attached hydrogens (tertiary/aromatic N) is 2. The Labute approximate surface area is 128 Å². The van der Waals surface area contributed by atoms with E-state index in [9.17, 15) is 5.11 Å². The van der Waals surface area contributed by atoms with E-state index in [2.05, 4.69) is 18.4 Å². The zero-order chi connectivity index (χ0) is 15.1. The Kier molecular flexibility index (Phi) is 3.38. The number of aromatic nitrogens is 2. The van der Waals surface area contributed by atoms with Crippen LogP contribution in [0.1, 0.15) is 25.5 Å². The lowest BCUT2D eigenvalue weighted by Crippen LogP contribution is -2.03. The number of halogens is 1. The number of hydrogen-bond donors (Lipinski definition) is 1. The maximum Gasteiger partial charge on any atom is 0.141 e. The second-order valence-electron chi connectivity index (χ2n) is 5.53. The zero-order valence-electron chi connectivity index (χ0n) is 12.3. The Morgan fingerprint density at radius 1 is 1.14 bits per heavy atom. The van der Waals surface area contributed by atoms with Crippen molar-refractivity contribution in [2.75, 3.05) is 0 Å². The highest BCUT2D eigenvalue weighted by molar-refractivity contribution is 6.31. The average molecular weight is 301 g/mol. The van der Waals surface area contributed by atoms with Crippen LogP contribution in [0.15, 0.2) is 36.4 Å². The Morgan fingerprint density at radius 3 is 2.57 bits per heavy atom. The molecule has 3 rings (SSSR count). The minimum Gasteiger partial charge on any atom is -0.508 e. The van der Waals surface area contributed by atoms with Crippen molar-refractivity contribution in [1.29, 1.82) is 0 Å². The summed E-state index contributed by atoms with van der Waals surface area (Å²) in [6, 6.07) is 11.6. The number of rotatable bonds is 2. The van der Waals surface area contributed by atoms with Crippen molar-refractivity contribution in [2.24, 2.45) is 0 Å². The zero-order valence-corrected chi connectivity index (χ0v) is 13.0. The van der Waals surface area contributed by atoms with Gasteiger partial charge < -0.3 is 9.67 Å². The molecule has 0 amide bonds. The first-order chi connectivity index (χ1) is 9.97. The molecule has 0 spiro atoms. The topological polar surface area (TPSA) is 38.0 Å². The van der Waals surface area contributed by atoms with E-state index in [0.29, 0.717) is 10.8 Å². The first-order valence-corrected chi connectivity index (χ1v) is 7.32. The highest BCUT2D eigenvalue weighted by Crippen LogP contribution is 2.31. The predicted octanol–water partition coefficient (Wildman–Crippen LogP) is 4.95. The summed E-state index contributed by atoms with van der Waals surface area (Å²) in [6.45, 7) is 6.13. The molecule has 0 saturated heterocycles. The number of fused-ring (bicyclic) bond motifs is 1. The summed E-state index contributed by atoms with van der Waals surface area (Å²) < 4.78 is 2.17. The molecule has 0 fully saturated rings. The molecular weight excluding hydrogens is 284 g/mol. The number of phenols is 1. The van der Waals surface area contributed by atoms with Crippen LogP contribution in [0.5, 0.6) is 5.75 Å². The van der Waals surface area contributed by atoms with Crippen molar-refractivity contribution in [3.05, 3.63) is 47.0 Å². The summed E-state index contributed by atoms with van der Waals surface area (Å²) in [5, 5.41) is 10.4. The van der Waals surface area contributed by atoms with E-state index < -0.39 is 0 Å². The smallest absolute Gasteiger partial charge is 0.141 e. The maximum atomic E-state index is 9.70. The summed E-state index contributed by atoms with van der Waals surface area (Å²) >= 11 is 6.12. The maximum absolute atomic E-state index is 9.70. The van der Waals surface area contributed by atoms with Gasteiger partial charge in [0, 0.05) is 16.6 Å². The van der Waals surface area contributed by atoms with Gasteiger partial charge in [-0.05, 0) is 62.7 Å². The second-order valence-corrected chi connectivity index (χ2v) is 5.97. The molecule has 0 aliphatic heterocycles. The molecule has 2 aromatic carbocycles. The van der Waals surface area contributed by atoms with Gasteiger partial charge in [0.25, 0.3) is 0 Å². The van der Waals surface area contributed by atoms with E-state index in [1.807, 2.05) is 37.3 Å². The van der Waals surface area contributed by atoms with Crippen molar-refractivity contribution >= 4 is 22.6 Å². The largest absolute Gasteiger partial charge is 0.508 e. The number of aryl methyl sites for hydroxylation is 1. The summed E-state index contributed by atoms with van der Waals surface area (Å²) in [5.74, 6) is 1.19. The quantitative estimate of drug-likeness (QED) is 0.727. The molecule has 0 bridgehead atoms. The Balaban J connectivity index is 2.30. The van der Waals surface area contributed by atoms with E-state index in [-0.39, 0.29) is 6.04 Å². The van der Waals surface area contributed by atoms with Crippen molar-refractivity contribution in [2.45, 2.75) is 26.8 Å². The number of hydrogen-bond acceptors (Lipinski definition) is 2. The highest BCUT2D eigenvalue weighted by Gasteiger charge is 2.15. The normalized spacial score (nSPS) is 11.5. The molecule has 4 heteroatoms. The standard InChI is InChI=1S/C17H17ClN2O/c1-10(2)20-15-9-13(18)5-6-14(15)19-17(20)12-4-7-16(21)11(3)8-12/h4-10,21H,1-3H3. The van der Waals surface area contributed by atoms with Crippen LogP contribution in [-0.4, -0.2) is 14.7 Å². The van der Waals surface area contributed by atoms with Crippen LogP contribution < -0.4 is 0 Å². The molecular formula is C17H17ClN2O. The van der Waals surface area contributed by atoms with Gasteiger partial charge in [-0.1, -0.05) is 11.6 Å². The van der Waals surface area contributed by atoms with Gasteiger partial charge in [0.2, 0.25) is 0 Å². The summed E-state index contributed by atoms with van der Waals surface area (Å²) in [4.78, 5) is 4.74. The molecule has 0 atom stereocenters. The van der Waals surface area contributed by atoms with Crippen molar-refractivity contribution < 1.29 is 5.11 Å². The first-order valence-electron chi connectivity index (χ1n) is 6.95. The first kappa shape index (κ1) is 14.0. The Hall–Kier alpha value is -2.00. The molecule has 3 nitrogen and oxygen atoms in total. The molecule has 1 N–H and O–H groups in total. The van der Waals surface area contributed by atoms with E-state index in [1.54, 1.807) is 6.07 Å². The number of benzene rings is 2. The van der Waals surface area contributed by atoms with Crippen LogP contribution in [-0.2, 0) is 0 Å². The van der Waals surface area contributed by atoms with E-state index >= 15 is 0 Å². The SMILES string of the molecule is Cc1cc(-c2nc3ccc(Cl)cc3n2C(C)C)ccc1O. The minimum atomic E-state index is 0.262. The fourth-order valence-electron chi connectivity index (χ4n) is 2.59. The van der Waals surface area contributed by atoms with Crippen LogP contribution in [0, 0.1) is 6.92 Å². The fourth-order valence-corrected chi connectivity index (χ4v) is 2.75. The lowest BCUT2D eigenvalue weighted by atomic mass is 10.1. The van der Waals surface area contributed by atoms with E-state index in [4.69, 9.17) is 16.6 Å². The molecule has 0 unspecified atom stereocenters. The third-order valence-electron chi connectivity index (χ3n) is 3.62. The number of aromatic hydroxyl groups is 1. The minimum absolute atomic E-state index is 0.262. The average Bonchev–Trinajstić information content (AvgIpc) is 2.80. The second kappa shape index (κ2) is 5.08. The van der Waals surface area contributed by atoms with Crippen molar-refractivity contribution in [3.8, 4) is 17.1 Å². The third kappa shape index (κ3) is 2.38. The van der Waals surface area contributed by atoms with Crippen LogP contribution in [0.2, 0.25) is 5.02 Å². The molecule has 21 heavy (non-hydrogen) atoms. The fraction of sp³-hybridized carbons (Fsp3) is 0.235. The van der Waals surface area contributed by atoms with Gasteiger partial charge in [-0.2, -0.15) is 0 Å². The van der Waals surface area contributed by atoms with Gasteiger partial charge >= 0.3 is 0 Å². The third-order valence-corrected chi connectivity index (χ3v) is 3.86. The molecule has 3 aromatic rings. The summed E-state index contributed by atoms with van der Waals surface area (Å²) in [5.41, 5.74) is 3.78. The highest BCUT2D eigenvalue weighted by atomic mass is 35.5. The van der Waals surface area contributed by atoms with E-state index in [1.165, 1.54) is 0 Å². The van der Waals surface area contributed by atoms with Gasteiger partial charge in [-0.3, -0.25) is 0 Å². The van der Waals surface area contributed by atoms with Gasteiger partial charge in [0.1, 0.15) is 11.6 Å². The van der Waals surface area contributed by atoms with Crippen LogP contribution in [0.3, 0.4) is 0 Å². The molecule has 0 aliphatic rings. The molecule has 108 valence electrons. The van der Waals surface area contributed by atoms with Gasteiger partial charge in [0.15, 0.2) is 0 Å². The van der Waals surface area contributed by atoms with Crippen molar-refractivity contribution in [1.82, 2.24) is 9.55 Å². The van der Waals surface area contributed by atoms with Crippen LogP contribution >= 0.6 is 11.6 Å². The number of phenolic OH excluding ortho intramolecular Hbond substituents is 1. The molecule has 0 aliphatic carbocycles. The van der Waals surface area contributed by atoms with Gasteiger partial charge in [-0.15, -0.1) is 0 Å². The molecule has 0 saturated carbocycles. The lowest BCUT2D eigenvalue weighted by molar-refractivity contribution is 0.471. The van der Waals surface area contributed by atoms with Crippen LogP contribution in [0.25, 0.3) is 22.4 Å². The molecule has 0 radical (unpaired) electrons. The van der Waals surface area contributed by atoms with Gasteiger partial charge in [-0.25, -0.2) is 4.98 Å². The number of imidazole rings is 1. The summed E-state index contributed by atoms with van der Waals surface area (Å²) in [7, 11) is 0. The lowest BCUT2D eigenvalue weighted by Gasteiger charge is -2.13.